The molecule has 1 atom stereocenters. The molecule has 1 heterocycles. The number of hydrogen-bond acceptors (Lipinski definition) is 5. The molecule has 144 valence electrons. The second kappa shape index (κ2) is 7.56. The summed E-state index contributed by atoms with van der Waals surface area (Å²) in [6, 6.07) is 5.49. The minimum Gasteiger partial charge on any atom is -0.489 e. The van der Waals surface area contributed by atoms with Crippen LogP contribution < -0.4 is 10.1 Å². The molecule has 0 bridgehead atoms. The fourth-order valence-electron chi connectivity index (χ4n) is 3.08. The molecule has 0 aromatic heterocycles. The Bertz CT molecular complexity index is 675. The van der Waals surface area contributed by atoms with Gasteiger partial charge in [0.15, 0.2) is 0 Å². The summed E-state index contributed by atoms with van der Waals surface area (Å²) in [5.41, 5.74) is 0.891. The van der Waals surface area contributed by atoms with Crippen LogP contribution in [0.15, 0.2) is 18.2 Å². The SMILES string of the molecule is CCOC(=O)CC1CC(C)(C)c2cc(NC(=O)OC(C)(C)C)ccc2O1. The van der Waals surface area contributed by atoms with Gasteiger partial charge in [-0.3, -0.25) is 10.1 Å². The number of fused-ring (bicyclic) bond motifs is 1. The number of ether oxygens (including phenoxy) is 3. The molecule has 0 saturated carbocycles. The van der Waals surface area contributed by atoms with E-state index in [2.05, 4.69) is 19.2 Å². The van der Waals surface area contributed by atoms with Crippen LogP contribution in [0.4, 0.5) is 10.5 Å². The van der Waals surface area contributed by atoms with Crippen LogP contribution in [0, 0.1) is 0 Å². The van der Waals surface area contributed by atoms with Gasteiger partial charge in [0.1, 0.15) is 17.5 Å². The van der Waals surface area contributed by atoms with Crippen molar-refractivity contribution in [3.63, 3.8) is 0 Å². The fourth-order valence-corrected chi connectivity index (χ4v) is 3.08. The molecule has 1 aliphatic heterocycles. The number of carbonyl (C=O) groups excluding carboxylic acids is 2. The van der Waals surface area contributed by atoms with E-state index < -0.39 is 11.7 Å². The Morgan fingerprint density at radius 1 is 1.31 bits per heavy atom. The van der Waals surface area contributed by atoms with E-state index in [9.17, 15) is 9.59 Å². The van der Waals surface area contributed by atoms with Crippen molar-refractivity contribution in [3.8, 4) is 5.75 Å². The van der Waals surface area contributed by atoms with E-state index in [1.807, 2.05) is 32.9 Å². The van der Waals surface area contributed by atoms with Gasteiger partial charge < -0.3 is 14.2 Å². The van der Waals surface area contributed by atoms with Crippen LogP contribution in [-0.4, -0.2) is 30.4 Å². The first-order valence-corrected chi connectivity index (χ1v) is 8.97. The van der Waals surface area contributed by atoms with Crippen LogP contribution in [0.3, 0.4) is 0 Å². The number of benzene rings is 1. The van der Waals surface area contributed by atoms with Crippen molar-refractivity contribution >= 4 is 17.7 Å². The first-order chi connectivity index (χ1) is 12.0. The third-order valence-corrected chi connectivity index (χ3v) is 4.09. The fraction of sp³-hybridized carbons (Fsp3) is 0.600. The summed E-state index contributed by atoms with van der Waals surface area (Å²) in [5.74, 6) is 0.477. The molecule has 0 saturated heterocycles. The zero-order chi connectivity index (χ0) is 19.5. The minimum atomic E-state index is -0.555. The van der Waals surface area contributed by atoms with E-state index in [0.717, 1.165) is 11.3 Å². The van der Waals surface area contributed by atoms with Crippen LogP contribution >= 0.6 is 0 Å². The average Bonchev–Trinajstić information content (AvgIpc) is 2.45. The molecule has 26 heavy (non-hydrogen) atoms. The standard InChI is InChI=1S/C20H29NO5/c1-7-24-17(22)11-14-12-20(5,6)15-10-13(8-9-16(15)25-14)21-18(23)26-19(2,3)4/h8-10,14H,7,11-12H2,1-6H3,(H,21,23). The first-order valence-electron chi connectivity index (χ1n) is 8.97. The number of amides is 1. The van der Waals surface area contributed by atoms with Gasteiger partial charge in [-0.05, 0) is 57.7 Å². The molecule has 1 aliphatic rings. The van der Waals surface area contributed by atoms with E-state index in [4.69, 9.17) is 14.2 Å². The highest BCUT2D eigenvalue weighted by atomic mass is 16.6. The number of rotatable bonds is 4. The van der Waals surface area contributed by atoms with E-state index in [1.165, 1.54) is 0 Å². The zero-order valence-electron chi connectivity index (χ0n) is 16.5. The maximum atomic E-state index is 12.0. The van der Waals surface area contributed by atoms with Gasteiger partial charge in [0.25, 0.3) is 0 Å². The first kappa shape index (κ1) is 20.1. The summed E-state index contributed by atoms with van der Waals surface area (Å²) in [7, 11) is 0. The molecule has 1 unspecified atom stereocenters. The van der Waals surface area contributed by atoms with Crippen LogP contribution in [0.25, 0.3) is 0 Å². The maximum Gasteiger partial charge on any atom is 0.412 e. The van der Waals surface area contributed by atoms with Gasteiger partial charge >= 0.3 is 12.1 Å². The Labute approximate surface area is 155 Å². The summed E-state index contributed by atoms with van der Waals surface area (Å²) < 4.78 is 16.3. The molecular formula is C20H29NO5. The van der Waals surface area contributed by atoms with Gasteiger partial charge in [0, 0.05) is 11.3 Å². The quantitative estimate of drug-likeness (QED) is 0.802. The van der Waals surface area contributed by atoms with E-state index >= 15 is 0 Å². The predicted octanol–water partition coefficient (Wildman–Crippen LogP) is 4.42. The third kappa shape index (κ3) is 5.38. The Kier molecular flexibility index (Phi) is 5.84. The molecule has 1 aromatic rings. The highest BCUT2D eigenvalue weighted by Gasteiger charge is 2.36. The molecule has 1 aromatic carbocycles. The lowest BCUT2D eigenvalue weighted by Crippen LogP contribution is -2.36. The normalized spacial score (nSPS) is 18.3. The lowest BCUT2D eigenvalue weighted by Gasteiger charge is -2.37. The number of anilines is 1. The molecule has 0 radical (unpaired) electrons. The predicted molar refractivity (Wildman–Crippen MR) is 99.6 cm³/mol. The van der Waals surface area contributed by atoms with Crippen molar-refractivity contribution in [2.45, 2.75) is 71.5 Å². The summed E-state index contributed by atoms with van der Waals surface area (Å²) in [6.07, 6.45) is 0.206. The van der Waals surface area contributed by atoms with Crippen molar-refractivity contribution in [1.29, 1.82) is 0 Å². The van der Waals surface area contributed by atoms with Crippen molar-refractivity contribution in [1.82, 2.24) is 0 Å². The Morgan fingerprint density at radius 3 is 2.62 bits per heavy atom. The van der Waals surface area contributed by atoms with Crippen molar-refractivity contribution < 1.29 is 23.8 Å². The zero-order valence-corrected chi connectivity index (χ0v) is 16.5. The second-order valence-corrected chi connectivity index (χ2v) is 8.17. The topological polar surface area (TPSA) is 73.9 Å². The summed E-state index contributed by atoms with van der Waals surface area (Å²) in [5, 5.41) is 2.76. The van der Waals surface area contributed by atoms with Crippen LogP contribution in [0.5, 0.6) is 5.75 Å². The van der Waals surface area contributed by atoms with Crippen molar-refractivity contribution in [2.75, 3.05) is 11.9 Å². The monoisotopic (exact) mass is 363 g/mol. The van der Waals surface area contributed by atoms with E-state index in [1.54, 1.807) is 13.0 Å². The molecule has 1 N–H and O–H groups in total. The lowest BCUT2D eigenvalue weighted by atomic mass is 9.76. The Morgan fingerprint density at radius 2 is 2.00 bits per heavy atom. The second-order valence-electron chi connectivity index (χ2n) is 8.17. The van der Waals surface area contributed by atoms with Gasteiger partial charge in [0.05, 0.1) is 13.0 Å². The van der Waals surface area contributed by atoms with Crippen LogP contribution in [-0.2, 0) is 19.7 Å². The van der Waals surface area contributed by atoms with Gasteiger partial charge in [-0.1, -0.05) is 13.8 Å². The summed E-state index contributed by atoms with van der Waals surface area (Å²) in [6.45, 7) is 11.8. The average molecular weight is 363 g/mol. The Balaban J connectivity index is 2.13. The van der Waals surface area contributed by atoms with Gasteiger partial charge in [0.2, 0.25) is 0 Å². The molecule has 0 fully saturated rings. The number of esters is 1. The molecule has 6 nitrogen and oxygen atoms in total. The molecule has 6 heteroatoms. The summed E-state index contributed by atoms with van der Waals surface area (Å²) >= 11 is 0. The Hall–Kier alpha value is -2.24. The van der Waals surface area contributed by atoms with Gasteiger partial charge in [-0.2, -0.15) is 0 Å². The van der Waals surface area contributed by atoms with E-state index in [0.29, 0.717) is 18.7 Å². The number of hydrogen-bond donors (Lipinski definition) is 1. The molecular weight excluding hydrogens is 334 g/mol. The van der Waals surface area contributed by atoms with Crippen LogP contribution in [0.1, 0.15) is 59.9 Å². The van der Waals surface area contributed by atoms with Crippen molar-refractivity contribution in [3.05, 3.63) is 23.8 Å². The molecule has 1 amide bonds. The third-order valence-electron chi connectivity index (χ3n) is 4.09. The maximum absolute atomic E-state index is 12.0. The molecule has 0 aliphatic carbocycles. The minimum absolute atomic E-state index is 0.198. The highest BCUT2D eigenvalue weighted by Crippen LogP contribution is 2.42. The van der Waals surface area contributed by atoms with Crippen LogP contribution in [0.2, 0.25) is 0 Å². The van der Waals surface area contributed by atoms with Gasteiger partial charge in [-0.15, -0.1) is 0 Å². The lowest BCUT2D eigenvalue weighted by molar-refractivity contribution is -0.145. The molecule has 0 spiro atoms. The smallest absolute Gasteiger partial charge is 0.412 e. The number of carbonyl (C=O) groups is 2. The summed E-state index contributed by atoms with van der Waals surface area (Å²) in [4.78, 5) is 23.7. The van der Waals surface area contributed by atoms with Crippen molar-refractivity contribution in [2.24, 2.45) is 0 Å². The largest absolute Gasteiger partial charge is 0.489 e. The highest BCUT2D eigenvalue weighted by molar-refractivity contribution is 5.85. The number of nitrogens with one attached hydrogen (secondary N) is 1. The van der Waals surface area contributed by atoms with Gasteiger partial charge in [-0.25, -0.2) is 4.79 Å². The molecule has 2 rings (SSSR count). The van der Waals surface area contributed by atoms with E-state index in [-0.39, 0.29) is 23.9 Å².